The third-order valence-corrected chi connectivity index (χ3v) is 3.82. The molecule has 0 amide bonds. The monoisotopic (exact) mass is 247 g/mol. The zero-order valence-electron chi connectivity index (χ0n) is 11.6. The normalized spacial score (nSPS) is 17.7. The predicted molar refractivity (Wildman–Crippen MR) is 78.1 cm³/mol. The first-order valence-electron chi connectivity index (χ1n) is 7.25. The Hall–Kier alpha value is -1.25. The Bertz CT molecular complexity index is 359. The lowest BCUT2D eigenvalue weighted by molar-refractivity contribution is 0.482. The first-order valence-corrected chi connectivity index (χ1v) is 7.25. The Morgan fingerprint density at radius 2 is 2.00 bits per heavy atom. The summed E-state index contributed by atoms with van der Waals surface area (Å²) in [7, 11) is 0. The topological polar surface area (TPSA) is 37.0 Å². The molecule has 3 heteroatoms. The second-order valence-electron chi connectivity index (χ2n) is 5.37. The highest BCUT2D eigenvalue weighted by Gasteiger charge is 2.21. The van der Waals surface area contributed by atoms with Gasteiger partial charge in [0.15, 0.2) is 0 Å². The van der Waals surface area contributed by atoms with E-state index in [4.69, 9.17) is 0 Å². The van der Waals surface area contributed by atoms with Gasteiger partial charge >= 0.3 is 0 Å². The Morgan fingerprint density at radius 3 is 2.72 bits per heavy atom. The van der Waals surface area contributed by atoms with Crippen molar-refractivity contribution >= 4 is 11.4 Å². The van der Waals surface area contributed by atoms with Gasteiger partial charge in [0.25, 0.3) is 0 Å². The Kier molecular flexibility index (Phi) is 4.85. The van der Waals surface area contributed by atoms with E-state index in [2.05, 4.69) is 35.5 Å². The summed E-state index contributed by atoms with van der Waals surface area (Å²) in [6.45, 7) is 5.47. The average Bonchev–Trinajstić information content (AvgIpc) is 2.91. The Balaban J connectivity index is 1.91. The summed E-state index contributed by atoms with van der Waals surface area (Å²) in [5.41, 5.74) is 2.25. The number of nitrogens with one attached hydrogen (secondary N) is 2. The molecule has 1 saturated carbocycles. The second-order valence-corrected chi connectivity index (χ2v) is 5.37. The average molecular weight is 247 g/mol. The third kappa shape index (κ3) is 3.62. The van der Waals surface area contributed by atoms with Gasteiger partial charge < -0.3 is 10.6 Å². The number of pyridine rings is 1. The van der Waals surface area contributed by atoms with Crippen molar-refractivity contribution in [1.82, 2.24) is 4.98 Å². The van der Waals surface area contributed by atoms with Crippen LogP contribution < -0.4 is 10.6 Å². The number of rotatable bonds is 6. The van der Waals surface area contributed by atoms with E-state index in [1.54, 1.807) is 0 Å². The van der Waals surface area contributed by atoms with Crippen molar-refractivity contribution in [3.8, 4) is 0 Å². The predicted octanol–water partition coefficient (Wildman–Crippen LogP) is 3.89. The molecule has 0 bridgehead atoms. The van der Waals surface area contributed by atoms with Crippen LogP contribution in [0.3, 0.4) is 0 Å². The molecule has 1 heterocycles. The number of anilines is 2. The molecule has 2 rings (SSSR count). The first-order chi connectivity index (χ1) is 8.79. The summed E-state index contributed by atoms with van der Waals surface area (Å²) in [6.07, 6.45) is 10.5. The Labute approximate surface area is 110 Å². The molecule has 18 heavy (non-hydrogen) atoms. The van der Waals surface area contributed by atoms with Crippen LogP contribution in [0.1, 0.15) is 46.0 Å². The van der Waals surface area contributed by atoms with Crippen molar-refractivity contribution < 1.29 is 0 Å². The Morgan fingerprint density at radius 1 is 1.28 bits per heavy atom. The molecule has 0 aliphatic heterocycles. The highest BCUT2D eigenvalue weighted by atomic mass is 15.0. The number of nitrogens with zero attached hydrogens (tertiary/aromatic N) is 1. The molecule has 2 N–H and O–H groups in total. The SMILES string of the molecule is CCCNc1cncc(NC(C)C2CCCC2)c1. The standard InChI is InChI=1S/C15H25N3/c1-3-8-17-14-9-15(11-16-10-14)18-12(2)13-6-4-5-7-13/h9-13,17-18H,3-8H2,1-2H3. The molecular weight excluding hydrogens is 222 g/mol. The van der Waals surface area contributed by atoms with Gasteiger partial charge in [0.1, 0.15) is 0 Å². The molecule has 1 unspecified atom stereocenters. The van der Waals surface area contributed by atoms with E-state index < -0.39 is 0 Å². The van der Waals surface area contributed by atoms with Gasteiger partial charge in [0, 0.05) is 12.6 Å². The quantitative estimate of drug-likeness (QED) is 0.800. The van der Waals surface area contributed by atoms with Crippen LogP contribution >= 0.6 is 0 Å². The second kappa shape index (κ2) is 6.62. The third-order valence-electron chi connectivity index (χ3n) is 3.82. The molecule has 1 fully saturated rings. The summed E-state index contributed by atoms with van der Waals surface area (Å²) in [5.74, 6) is 0.831. The number of aromatic nitrogens is 1. The van der Waals surface area contributed by atoms with Crippen LogP contribution in [0, 0.1) is 5.92 Å². The van der Waals surface area contributed by atoms with Gasteiger partial charge in [-0.15, -0.1) is 0 Å². The lowest BCUT2D eigenvalue weighted by Gasteiger charge is -2.21. The molecule has 1 aliphatic carbocycles. The zero-order valence-corrected chi connectivity index (χ0v) is 11.6. The molecule has 3 nitrogen and oxygen atoms in total. The van der Waals surface area contributed by atoms with Crippen molar-refractivity contribution in [3.05, 3.63) is 18.5 Å². The molecule has 100 valence electrons. The summed E-state index contributed by atoms with van der Waals surface area (Å²) in [5, 5.41) is 6.97. The van der Waals surface area contributed by atoms with Gasteiger partial charge in [-0.2, -0.15) is 0 Å². The van der Waals surface area contributed by atoms with Gasteiger partial charge in [-0.25, -0.2) is 0 Å². The largest absolute Gasteiger partial charge is 0.384 e. The zero-order chi connectivity index (χ0) is 12.8. The highest BCUT2D eigenvalue weighted by molar-refractivity contribution is 5.54. The van der Waals surface area contributed by atoms with Crippen LogP contribution in [-0.4, -0.2) is 17.6 Å². The van der Waals surface area contributed by atoms with E-state index in [1.807, 2.05) is 12.4 Å². The lowest BCUT2D eigenvalue weighted by Crippen LogP contribution is -2.23. The molecule has 1 aromatic rings. The van der Waals surface area contributed by atoms with E-state index in [0.29, 0.717) is 6.04 Å². The van der Waals surface area contributed by atoms with Crippen LogP contribution in [0.4, 0.5) is 11.4 Å². The van der Waals surface area contributed by atoms with Crippen molar-refractivity contribution in [2.75, 3.05) is 17.2 Å². The van der Waals surface area contributed by atoms with E-state index in [1.165, 1.54) is 25.7 Å². The molecule has 1 aliphatic rings. The molecule has 0 spiro atoms. The van der Waals surface area contributed by atoms with Crippen LogP contribution in [0.2, 0.25) is 0 Å². The summed E-state index contributed by atoms with van der Waals surface area (Å²) >= 11 is 0. The minimum Gasteiger partial charge on any atom is -0.384 e. The van der Waals surface area contributed by atoms with Crippen LogP contribution in [0.15, 0.2) is 18.5 Å². The van der Waals surface area contributed by atoms with Gasteiger partial charge in [0.05, 0.1) is 23.8 Å². The van der Waals surface area contributed by atoms with Gasteiger partial charge in [0.2, 0.25) is 0 Å². The number of hydrogen-bond acceptors (Lipinski definition) is 3. The first kappa shape index (κ1) is 13.2. The molecular formula is C15H25N3. The summed E-state index contributed by atoms with van der Waals surface area (Å²) < 4.78 is 0. The maximum Gasteiger partial charge on any atom is 0.0549 e. The smallest absolute Gasteiger partial charge is 0.0549 e. The highest BCUT2D eigenvalue weighted by Crippen LogP contribution is 2.29. The van der Waals surface area contributed by atoms with Gasteiger partial charge in [-0.1, -0.05) is 19.8 Å². The molecule has 0 saturated heterocycles. The van der Waals surface area contributed by atoms with E-state index in [-0.39, 0.29) is 0 Å². The fraction of sp³-hybridized carbons (Fsp3) is 0.667. The lowest BCUT2D eigenvalue weighted by atomic mass is 10.00. The summed E-state index contributed by atoms with van der Waals surface area (Å²) in [4.78, 5) is 4.29. The van der Waals surface area contributed by atoms with Crippen molar-refractivity contribution in [3.63, 3.8) is 0 Å². The van der Waals surface area contributed by atoms with E-state index >= 15 is 0 Å². The van der Waals surface area contributed by atoms with Crippen LogP contribution in [0.25, 0.3) is 0 Å². The van der Waals surface area contributed by atoms with Crippen LogP contribution in [-0.2, 0) is 0 Å². The molecule has 0 radical (unpaired) electrons. The maximum absolute atomic E-state index is 4.29. The van der Waals surface area contributed by atoms with Crippen molar-refractivity contribution in [1.29, 1.82) is 0 Å². The van der Waals surface area contributed by atoms with E-state index in [9.17, 15) is 0 Å². The minimum atomic E-state index is 0.552. The fourth-order valence-corrected chi connectivity index (χ4v) is 2.72. The van der Waals surface area contributed by atoms with Gasteiger partial charge in [-0.3, -0.25) is 4.98 Å². The summed E-state index contributed by atoms with van der Waals surface area (Å²) in [6, 6.07) is 2.71. The molecule has 1 aromatic heterocycles. The fourth-order valence-electron chi connectivity index (χ4n) is 2.72. The van der Waals surface area contributed by atoms with Crippen molar-refractivity contribution in [2.24, 2.45) is 5.92 Å². The van der Waals surface area contributed by atoms with Crippen molar-refractivity contribution in [2.45, 2.75) is 52.0 Å². The minimum absolute atomic E-state index is 0.552. The van der Waals surface area contributed by atoms with Crippen LogP contribution in [0.5, 0.6) is 0 Å². The van der Waals surface area contributed by atoms with E-state index in [0.717, 1.165) is 30.3 Å². The van der Waals surface area contributed by atoms with Gasteiger partial charge in [-0.05, 0) is 38.2 Å². The molecule has 1 atom stereocenters. The number of hydrogen-bond donors (Lipinski definition) is 2. The molecule has 0 aromatic carbocycles. The maximum atomic E-state index is 4.29.